The maximum atomic E-state index is 12.6. The van der Waals surface area contributed by atoms with Gasteiger partial charge in [0.1, 0.15) is 19.8 Å². The number of unbranched alkanes of at least 4 members (excludes halogenated alkanes) is 13. The molecule has 56 heavy (non-hydrogen) atoms. The van der Waals surface area contributed by atoms with Gasteiger partial charge in [0.05, 0.1) is 18.5 Å². The van der Waals surface area contributed by atoms with Gasteiger partial charge in [0.25, 0.3) is 6.43 Å². The highest BCUT2D eigenvalue weighted by Gasteiger charge is 2.30. The molecule has 1 saturated heterocycles. The average Bonchev–Trinajstić information content (AvgIpc) is 3.16. The molecule has 1 heterocycles. The highest BCUT2D eigenvalue weighted by molar-refractivity contribution is 5.70. The summed E-state index contributed by atoms with van der Waals surface area (Å²) >= 11 is 0. The highest BCUT2D eigenvalue weighted by Crippen LogP contribution is 2.13. The van der Waals surface area contributed by atoms with Crippen LogP contribution in [0.25, 0.3) is 0 Å². The van der Waals surface area contributed by atoms with Crippen molar-refractivity contribution in [3.8, 4) is 0 Å². The van der Waals surface area contributed by atoms with E-state index in [1.807, 2.05) is 0 Å². The summed E-state index contributed by atoms with van der Waals surface area (Å²) in [6, 6.07) is -0.263. The van der Waals surface area contributed by atoms with Crippen molar-refractivity contribution in [1.29, 1.82) is 0 Å². The monoisotopic (exact) mass is 791 g/mol. The van der Waals surface area contributed by atoms with Gasteiger partial charge in [-0.2, -0.15) is 0 Å². The van der Waals surface area contributed by atoms with Crippen molar-refractivity contribution in [2.24, 2.45) is 5.92 Å². The zero-order valence-electron chi connectivity index (χ0n) is 35.0. The molecule has 0 aromatic rings. The van der Waals surface area contributed by atoms with Crippen molar-refractivity contribution in [3.05, 3.63) is 60.8 Å². The normalized spacial score (nSPS) is 14.5. The predicted octanol–water partition coefficient (Wildman–Crippen LogP) is 11.8. The summed E-state index contributed by atoms with van der Waals surface area (Å²) in [7, 11) is 0. The van der Waals surface area contributed by atoms with Crippen molar-refractivity contribution in [3.63, 3.8) is 0 Å². The molecule has 1 rings (SSSR count). The molecule has 0 bridgehead atoms. The van der Waals surface area contributed by atoms with Gasteiger partial charge in [-0.3, -0.25) is 14.5 Å². The molecule has 1 unspecified atom stereocenters. The second-order valence-electron chi connectivity index (χ2n) is 14.9. The molecule has 0 aromatic carbocycles. The van der Waals surface area contributed by atoms with E-state index in [1.165, 1.54) is 25.7 Å². The van der Waals surface area contributed by atoms with E-state index >= 15 is 0 Å². The number of nitrogens with one attached hydrogen (secondary N) is 1. The largest absolute Gasteiger partial charge is 0.465 e. The third-order valence-corrected chi connectivity index (χ3v) is 9.45. The Kier molecular flexibility index (Phi) is 33.8. The van der Waals surface area contributed by atoms with Crippen molar-refractivity contribution in [1.82, 2.24) is 10.2 Å². The Labute approximate surface area is 338 Å². The Bertz CT molecular complexity index is 1130. The van der Waals surface area contributed by atoms with Gasteiger partial charge in [-0.1, -0.05) is 126 Å². The number of allylic oxidation sites excluding steroid dienone is 10. The van der Waals surface area contributed by atoms with Crippen LogP contribution in [0.4, 0.5) is 13.6 Å². The van der Waals surface area contributed by atoms with Crippen LogP contribution in [0.2, 0.25) is 0 Å². The number of carbonyl (C=O) groups excluding carboxylic acids is 3. The fourth-order valence-corrected chi connectivity index (χ4v) is 6.09. The summed E-state index contributed by atoms with van der Waals surface area (Å²) in [5, 5.41) is 2.67. The quantitative estimate of drug-likeness (QED) is 0.0292. The minimum atomic E-state index is -2.42. The summed E-state index contributed by atoms with van der Waals surface area (Å²) in [4.78, 5) is 38.9. The molecular formula is C46H76F2N2O6. The summed E-state index contributed by atoms with van der Waals surface area (Å²) in [5.41, 5.74) is 0. The third kappa shape index (κ3) is 32.9. The van der Waals surface area contributed by atoms with Crippen LogP contribution in [-0.2, 0) is 23.8 Å². The van der Waals surface area contributed by atoms with E-state index in [1.54, 1.807) is 4.90 Å². The first-order valence-corrected chi connectivity index (χ1v) is 21.8. The zero-order chi connectivity index (χ0) is 40.7. The van der Waals surface area contributed by atoms with Crippen molar-refractivity contribution in [2.45, 2.75) is 168 Å². The van der Waals surface area contributed by atoms with Crippen LogP contribution in [0.3, 0.4) is 0 Å². The van der Waals surface area contributed by atoms with Crippen molar-refractivity contribution < 1.29 is 37.4 Å². The first-order valence-electron chi connectivity index (χ1n) is 21.8. The Morgan fingerprint density at radius 3 is 1.50 bits per heavy atom. The Morgan fingerprint density at radius 2 is 1.02 bits per heavy atom. The molecule has 1 amide bonds. The number of alkyl carbamates (subject to hydrolysis) is 1. The molecule has 10 heteroatoms. The van der Waals surface area contributed by atoms with E-state index in [2.05, 4.69) is 79.9 Å². The second kappa shape index (κ2) is 37.3. The van der Waals surface area contributed by atoms with Gasteiger partial charge in [-0.15, -0.1) is 0 Å². The van der Waals surface area contributed by atoms with Crippen LogP contribution in [0.15, 0.2) is 60.8 Å². The van der Waals surface area contributed by atoms with Gasteiger partial charge in [0.2, 0.25) is 0 Å². The molecule has 320 valence electrons. The topological polar surface area (TPSA) is 94.2 Å². The van der Waals surface area contributed by atoms with Crippen molar-refractivity contribution in [2.75, 3.05) is 39.5 Å². The lowest BCUT2D eigenvalue weighted by molar-refractivity contribution is -0.150. The van der Waals surface area contributed by atoms with Crippen LogP contribution in [0, 0.1) is 5.92 Å². The van der Waals surface area contributed by atoms with E-state index < -0.39 is 18.4 Å². The van der Waals surface area contributed by atoms with Gasteiger partial charge >= 0.3 is 18.0 Å². The molecule has 1 atom stereocenters. The standard InChI is InChI=1S/C46H76F2N2O6/c1-3-5-7-9-11-13-15-17-19-21-23-25-27-29-31-33-44(51)54-38-41(40-56-46(53)49-42-35-50(36-42)37-43(47)48)39-55-45(52)34-32-30-28-26-24-22-20-18-16-14-12-10-8-6-4-2/h5,7,11-14,17-20,41-43H,3-4,6,8-10,15-16,21-40H2,1-2H3,(H,49,53)/b7-5-,13-11-,14-12-,19-17-,20-18-. The van der Waals surface area contributed by atoms with Crippen LogP contribution in [0.1, 0.15) is 155 Å². The van der Waals surface area contributed by atoms with E-state index in [-0.39, 0.29) is 44.3 Å². The van der Waals surface area contributed by atoms with Crippen LogP contribution in [0.5, 0.6) is 0 Å². The van der Waals surface area contributed by atoms with Gasteiger partial charge in [0.15, 0.2) is 0 Å². The number of hydrogen-bond acceptors (Lipinski definition) is 7. The number of ether oxygens (including phenoxy) is 3. The zero-order valence-corrected chi connectivity index (χ0v) is 35.0. The highest BCUT2D eigenvalue weighted by atomic mass is 19.3. The van der Waals surface area contributed by atoms with Gasteiger partial charge in [-0.25, -0.2) is 13.6 Å². The number of nitrogens with zero attached hydrogens (tertiary/aromatic N) is 1. The maximum absolute atomic E-state index is 12.6. The fraction of sp³-hybridized carbons (Fsp3) is 0.717. The van der Waals surface area contributed by atoms with E-state index in [4.69, 9.17) is 14.2 Å². The lowest BCUT2D eigenvalue weighted by atomic mass is 10.1. The lowest BCUT2D eigenvalue weighted by Crippen LogP contribution is -2.60. The summed E-state index contributed by atoms with van der Waals surface area (Å²) in [5.74, 6) is -1.17. The second-order valence-corrected chi connectivity index (χ2v) is 14.9. The van der Waals surface area contributed by atoms with Gasteiger partial charge < -0.3 is 19.5 Å². The number of alkyl halides is 2. The molecule has 1 aliphatic rings. The minimum absolute atomic E-state index is 0.0354. The van der Waals surface area contributed by atoms with Gasteiger partial charge in [-0.05, 0) is 77.0 Å². The summed E-state index contributed by atoms with van der Waals surface area (Å²) < 4.78 is 41.5. The molecular weight excluding hydrogens is 715 g/mol. The van der Waals surface area contributed by atoms with E-state index in [0.717, 1.165) is 103 Å². The molecule has 0 saturated carbocycles. The minimum Gasteiger partial charge on any atom is -0.465 e. The molecule has 0 spiro atoms. The number of esters is 2. The number of hydrogen-bond donors (Lipinski definition) is 1. The van der Waals surface area contributed by atoms with Gasteiger partial charge in [0, 0.05) is 25.9 Å². The Balaban J connectivity index is 2.29. The lowest BCUT2D eigenvalue weighted by Gasteiger charge is -2.38. The molecule has 8 nitrogen and oxygen atoms in total. The maximum Gasteiger partial charge on any atom is 0.407 e. The molecule has 0 radical (unpaired) electrons. The van der Waals surface area contributed by atoms with Crippen LogP contribution < -0.4 is 5.32 Å². The number of halogens is 2. The summed E-state index contributed by atoms with van der Waals surface area (Å²) in [6.07, 6.45) is 40.9. The molecule has 0 aliphatic carbocycles. The SMILES string of the molecule is CC/C=C\C/C=C\C/C=C\CCCCCCCC(=O)OCC(COC(=O)CCCCCCC/C=C\C/C=C\CCCCC)COC(=O)NC1CN(CC(F)F)C1. The smallest absolute Gasteiger partial charge is 0.407 e. The average molecular weight is 791 g/mol. The van der Waals surface area contributed by atoms with Crippen LogP contribution >= 0.6 is 0 Å². The van der Waals surface area contributed by atoms with E-state index in [0.29, 0.717) is 25.9 Å². The number of likely N-dealkylation sites (tertiary alicyclic amines) is 1. The summed E-state index contributed by atoms with van der Waals surface area (Å²) in [6.45, 7) is 4.52. The van der Waals surface area contributed by atoms with Crippen LogP contribution in [-0.4, -0.2) is 74.9 Å². The molecule has 1 fully saturated rings. The first-order chi connectivity index (χ1) is 27.3. The molecule has 0 aromatic heterocycles. The van der Waals surface area contributed by atoms with E-state index in [9.17, 15) is 23.2 Å². The third-order valence-electron chi connectivity index (χ3n) is 9.45. The predicted molar refractivity (Wildman–Crippen MR) is 225 cm³/mol. The number of rotatable bonds is 36. The fourth-order valence-electron chi connectivity index (χ4n) is 6.09. The van der Waals surface area contributed by atoms with Crippen molar-refractivity contribution >= 4 is 18.0 Å². The number of amides is 1. The molecule has 1 N–H and O–H groups in total. The Hall–Kier alpha value is -3.27. The Morgan fingerprint density at radius 1 is 0.589 bits per heavy atom. The molecule has 1 aliphatic heterocycles. The first kappa shape index (κ1) is 50.7. The number of carbonyl (C=O) groups is 3.